The maximum atomic E-state index is 13.7. The van der Waals surface area contributed by atoms with Gasteiger partial charge in [0.15, 0.2) is 0 Å². The van der Waals surface area contributed by atoms with Crippen LogP contribution in [-0.4, -0.2) is 15.0 Å². The van der Waals surface area contributed by atoms with Crippen molar-refractivity contribution in [2.75, 3.05) is 0 Å². The monoisotopic (exact) mass is 296 g/mol. The molecule has 1 heterocycles. The van der Waals surface area contributed by atoms with Crippen LogP contribution in [0.1, 0.15) is 16.7 Å². The van der Waals surface area contributed by atoms with Crippen LogP contribution in [0.5, 0.6) is 0 Å². The molecule has 17 heavy (non-hydrogen) atoms. The summed E-state index contributed by atoms with van der Waals surface area (Å²) in [7, 11) is 0. The van der Waals surface area contributed by atoms with Gasteiger partial charge in [0.2, 0.25) is 0 Å². The molecule has 0 aromatic heterocycles. The average Bonchev–Trinajstić information content (AvgIpc) is 2.53. The molecule has 0 aliphatic carbocycles. The third-order valence-electron chi connectivity index (χ3n) is 3.02. The van der Waals surface area contributed by atoms with Gasteiger partial charge in [0, 0.05) is 0 Å². The van der Waals surface area contributed by atoms with Gasteiger partial charge in [0.05, 0.1) is 0 Å². The van der Waals surface area contributed by atoms with E-state index in [0.717, 1.165) is 5.56 Å². The molecule has 0 nitrogen and oxygen atoms in total. The molecule has 0 bridgehead atoms. The molecule has 0 N–H and O–H groups in total. The summed E-state index contributed by atoms with van der Waals surface area (Å²) in [6, 6.07) is 11.1. The Hall–Kier alpha value is -1.18. The van der Waals surface area contributed by atoms with E-state index in [1.54, 1.807) is 6.07 Å². The molecule has 3 rings (SSSR count). The predicted molar refractivity (Wildman–Crippen MR) is 64.7 cm³/mol. The van der Waals surface area contributed by atoms with Gasteiger partial charge < -0.3 is 0 Å². The van der Waals surface area contributed by atoms with Crippen LogP contribution in [0.25, 0.3) is 0 Å². The first-order chi connectivity index (χ1) is 8.25. The van der Waals surface area contributed by atoms with Crippen molar-refractivity contribution < 1.29 is 8.78 Å². The van der Waals surface area contributed by atoms with E-state index in [4.69, 9.17) is 0 Å². The summed E-state index contributed by atoms with van der Waals surface area (Å²) >= 11 is 0.191. The number of hydrogen-bond acceptors (Lipinski definition) is 0. The SMILES string of the molecule is Fc1ccc2c(c1F)C[Se]c1ccccc1C2. The van der Waals surface area contributed by atoms with Crippen LogP contribution in [0.3, 0.4) is 0 Å². The molecule has 0 atom stereocenters. The van der Waals surface area contributed by atoms with Crippen LogP contribution in [0, 0.1) is 11.6 Å². The van der Waals surface area contributed by atoms with E-state index in [1.807, 2.05) is 12.1 Å². The zero-order valence-electron chi connectivity index (χ0n) is 9.04. The summed E-state index contributed by atoms with van der Waals surface area (Å²) in [6.45, 7) is 0. The number of fused-ring (bicyclic) bond motifs is 2. The Labute approximate surface area is 105 Å². The zero-order valence-corrected chi connectivity index (χ0v) is 10.8. The third kappa shape index (κ3) is 1.90. The maximum absolute atomic E-state index is 13.7. The Kier molecular flexibility index (Phi) is 2.73. The molecule has 0 fully saturated rings. The second kappa shape index (κ2) is 4.25. The van der Waals surface area contributed by atoms with Crippen molar-refractivity contribution in [1.82, 2.24) is 0 Å². The van der Waals surface area contributed by atoms with Gasteiger partial charge in [-0.1, -0.05) is 0 Å². The number of rotatable bonds is 0. The minimum absolute atomic E-state index is 0.191. The van der Waals surface area contributed by atoms with E-state index < -0.39 is 11.6 Å². The van der Waals surface area contributed by atoms with Crippen molar-refractivity contribution in [3.8, 4) is 0 Å². The number of hydrogen-bond donors (Lipinski definition) is 0. The Bertz CT molecular complexity index is 578. The van der Waals surface area contributed by atoms with E-state index in [1.165, 1.54) is 16.1 Å². The van der Waals surface area contributed by atoms with Gasteiger partial charge in [0.1, 0.15) is 0 Å². The third-order valence-corrected chi connectivity index (χ3v) is 5.42. The Morgan fingerprint density at radius 1 is 0.941 bits per heavy atom. The molecule has 1 aliphatic heterocycles. The molecule has 2 aromatic rings. The average molecular weight is 295 g/mol. The zero-order chi connectivity index (χ0) is 11.8. The van der Waals surface area contributed by atoms with E-state index in [2.05, 4.69) is 12.1 Å². The quantitative estimate of drug-likeness (QED) is 0.655. The molecule has 2 aromatic carbocycles. The van der Waals surface area contributed by atoms with E-state index in [0.29, 0.717) is 17.3 Å². The minimum atomic E-state index is -0.731. The number of benzene rings is 2. The van der Waals surface area contributed by atoms with Gasteiger partial charge in [-0.3, -0.25) is 0 Å². The molecule has 1 aliphatic rings. The van der Waals surface area contributed by atoms with Gasteiger partial charge >= 0.3 is 105 Å². The molecule has 0 unspecified atom stereocenters. The van der Waals surface area contributed by atoms with Gasteiger partial charge in [0.25, 0.3) is 0 Å². The first-order valence-corrected chi connectivity index (χ1v) is 7.49. The summed E-state index contributed by atoms with van der Waals surface area (Å²) in [5, 5.41) is 0.642. The molecule has 0 spiro atoms. The van der Waals surface area contributed by atoms with Gasteiger partial charge in [-0.05, 0) is 0 Å². The van der Waals surface area contributed by atoms with E-state index in [-0.39, 0.29) is 15.0 Å². The molecule has 86 valence electrons. The fourth-order valence-electron chi connectivity index (χ4n) is 2.10. The molecule has 0 saturated carbocycles. The topological polar surface area (TPSA) is 0 Å². The van der Waals surface area contributed by atoms with Crippen molar-refractivity contribution in [2.45, 2.75) is 11.7 Å². The van der Waals surface area contributed by atoms with Crippen LogP contribution in [0.4, 0.5) is 8.78 Å². The fraction of sp³-hybridized carbons (Fsp3) is 0.143. The van der Waals surface area contributed by atoms with E-state index in [9.17, 15) is 8.78 Å². The van der Waals surface area contributed by atoms with Crippen molar-refractivity contribution in [2.24, 2.45) is 0 Å². The van der Waals surface area contributed by atoms with Crippen LogP contribution >= 0.6 is 0 Å². The summed E-state index contributed by atoms with van der Waals surface area (Å²) in [5.74, 6) is -1.39. The predicted octanol–water partition coefficient (Wildman–Crippen LogP) is 2.40. The van der Waals surface area contributed by atoms with E-state index >= 15 is 0 Å². The normalized spacial score (nSPS) is 13.8. The van der Waals surface area contributed by atoms with Gasteiger partial charge in [-0.15, -0.1) is 0 Å². The Morgan fingerprint density at radius 3 is 2.65 bits per heavy atom. The molecule has 0 saturated heterocycles. The molecular weight excluding hydrogens is 285 g/mol. The first kappa shape index (κ1) is 10.9. The van der Waals surface area contributed by atoms with Crippen LogP contribution in [0.15, 0.2) is 36.4 Å². The second-order valence-electron chi connectivity index (χ2n) is 4.07. The van der Waals surface area contributed by atoms with Crippen LogP contribution < -0.4 is 4.46 Å². The summed E-state index contributed by atoms with van der Waals surface area (Å²) in [4.78, 5) is 0. The van der Waals surface area contributed by atoms with Crippen molar-refractivity contribution in [3.05, 3.63) is 64.7 Å². The second-order valence-corrected chi connectivity index (χ2v) is 6.21. The first-order valence-electron chi connectivity index (χ1n) is 5.42. The van der Waals surface area contributed by atoms with Crippen molar-refractivity contribution >= 4 is 19.4 Å². The van der Waals surface area contributed by atoms with Crippen molar-refractivity contribution in [1.29, 1.82) is 0 Å². The summed E-state index contributed by atoms with van der Waals surface area (Å²) in [5.41, 5.74) is 2.74. The standard InChI is InChI=1S/C14H10F2Se/c15-12-6-5-9-7-10-3-1-2-4-13(10)17-8-11(9)14(12)16/h1-6H,7-8H2. The number of halogens is 2. The summed E-state index contributed by atoms with van der Waals surface area (Å²) in [6.07, 6.45) is 0.713. The van der Waals surface area contributed by atoms with Crippen LogP contribution in [-0.2, 0) is 11.7 Å². The van der Waals surface area contributed by atoms with Gasteiger partial charge in [-0.25, -0.2) is 0 Å². The van der Waals surface area contributed by atoms with Crippen molar-refractivity contribution in [3.63, 3.8) is 0 Å². The molecule has 0 radical (unpaired) electrons. The Morgan fingerprint density at radius 2 is 1.76 bits per heavy atom. The van der Waals surface area contributed by atoms with Crippen LogP contribution in [0.2, 0.25) is 0 Å². The summed E-state index contributed by atoms with van der Waals surface area (Å²) < 4.78 is 28.2. The van der Waals surface area contributed by atoms with Gasteiger partial charge in [-0.2, -0.15) is 0 Å². The molecular formula is C14H10F2Se. The molecule has 0 amide bonds. The molecule has 3 heteroatoms. The fourth-order valence-corrected chi connectivity index (χ4v) is 4.43. The Balaban J connectivity index is 2.13.